The zero-order valence-electron chi connectivity index (χ0n) is 15.2. The fraction of sp³-hybridized carbons (Fsp3) is 0.300. The minimum Gasteiger partial charge on any atom is -0.356 e. The first-order valence-electron chi connectivity index (χ1n) is 8.14. The van der Waals surface area contributed by atoms with E-state index in [1.54, 1.807) is 31.3 Å². The molecule has 0 aromatic heterocycles. The van der Waals surface area contributed by atoms with Crippen LogP contribution in [0.25, 0.3) is 0 Å². The predicted molar refractivity (Wildman–Crippen MR) is 114 cm³/mol. The van der Waals surface area contributed by atoms with Crippen molar-refractivity contribution in [3.8, 4) is 6.07 Å². The van der Waals surface area contributed by atoms with E-state index in [9.17, 15) is 4.39 Å². The Morgan fingerprint density at radius 3 is 2.42 bits per heavy atom. The summed E-state index contributed by atoms with van der Waals surface area (Å²) >= 11 is 0. The molecular weight excluding hydrogens is 442 g/mol. The van der Waals surface area contributed by atoms with Crippen LogP contribution < -0.4 is 10.6 Å². The molecule has 138 valence electrons. The van der Waals surface area contributed by atoms with E-state index in [0.29, 0.717) is 24.6 Å². The second kappa shape index (κ2) is 10.1. The third kappa shape index (κ3) is 6.30. The van der Waals surface area contributed by atoms with Gasteiger partial charge < -0.3 is 10.6 Å². The molecule has 2 aromatic carbocycles. The van der Waals surface area contributed by atoms with Crippen molar-refractivity contribution in [3.63, 3.8) is 0 Å². The van der Waals surface area contributed by atoms with Crippen LogP contribution in [-0.2, 0) is 12.0 Å². The third-order valence-corrected chi connectivity index (χ3v) is 4.07. The maximum Gasteiger partial charge on any atom is 0.191 e. The number of guanidine groups is 1. The van der Waals surface area contributed by atoms with Crippen LogP contribution in [0.2, 0.25) is 0 Å². The van der Waals surface area contributed by atoms with Crippen molar-refractivity contribution in [2.24, 2.45) is 4.99 Å². The molecule has 0 unspecified atom stereocenters. The summed E-state index contributed by atoms with van der Waals surface area (Å²) in [6.07, 6.45) is 0. The molecule has 0 fully saturated rings. The Balaban J connectivity index is 0.00000338. The van der Waals surface area contributed by atoms with Crippen LogP contribution in [0.15, 0.2) is 53.5 Å². The smallest absolute Gasteiger partial charge is 0.191 e. The Kier molecular flexibility index (Phi) is 8.52. The highest BCUT2D eigenvalue weighted by Crippen LogP contribution is 2.22. The van der Waals surface area contributed by atoms with E-state index in [4.69, 9.17) is 5.26 Å². The fourth-order valence-electron chi connectivity index (χ4n) is 2.42. The summed E-state index contributed by atoms with van der Waals surface area (Å²) in [6.45, 7) is 5.33. The Hall–Kier alpha value is -2.14. The normalized spacial score (nSPS) is 11.3. The lowest BCUT2D eigenvalue weighted by molar-refractivity contribution is 0.503. The Bertz CT molecular complexity index is 779. The van der Waals surface area contributed by atoms with Crippen molar-refractivity contribution < 1.29 is 4.39 Å². The van der Waals surface area contributed by atoms with Crippen molar-refractivity contribution in [1.29, 1.82) is 5.26 Å². The molecule has 2 rings (SSSR count). The van der Waals surface area contributed by atoms with Gasteiger partial charge in [0.25, 0.3) is 0 Å². The Labute approximate surface area is 171 Å². The first-order valence-corrected chi connectivity index (χ1v) is 8.14. The fourth-order valence-corrected chi connectivity index (χ4v) is 2.42. The van der Waals surface area contributed by atoms with Gasteiger partial charge in [0, 0.05) is 25.6 Å². The van der Waals surface area contributed by atoms with Crippen molar-refractivity contribution in [1.82, 2.24) is 10.6 Å². The van der Waals surface area contributed by atoms with Gasteiger partial charge in [-0.3, -0.25) is 4.99 Å². The largest absolute Gasteiger partial charge is 0.356 e. The molecule has 0 atom stereocenters. The van der Waals surface area contributed by atoms with Crippen LogP contribution in [-0.4, -0.2) is 19.6 Å². The van der Waals surface area contributed by atoms with E-state index >= 15 is 0 Å². The number of halogens is 2. The number of rotatable bonds is 5. The number of benzene rings is 2. The molecule has 0 heterocycles. The molecule has 0 radical (unpaired) electrons. The van der Waals surface area contributed by atoms with E-state index in [1.165, 1.54) is 6.07 Å². The van der Waals surface area contributed by atoms with Gasteiger partial charge in [0.2, 0.25) is 0 Å². The standard InChI is InChI=1S/C20H23FN4.HI/c1-20(2,17-5-4-6-18(21)11-17)14-25-19(23-3)24-13-16-9-7-15(12-22)8-10-16;/h4-11H,13-14H2,1-3H3,(H2,23,24,25);1H. The summed E-state index contributed by atoms with van der Waals surface area (Å²) in [5.41, 5.74) is 2.39. The van der Waals surface area contributed by atoms with Crippen LogP contribution in [0.3, 0.4) is 0 Å². The third-order valence-electron chi connectivity index (χ3n) is 4.07. The number of hydrogen-bond acceptors (Lipinski definition) is 2. The van der Waals surface area contributed by atoms with Crippen LogP contribution >= 0.6 is 24.0 Å². The quantitative estimate of drug-likeness (QED) is 0.399. The van der Waals surface area contributed by atoms with Crippen molar-refractivity contribution in [2.75, 3.05) is 13.6 Å². The molecule has 2 aromatic rings. The monoisotopic (exact) mass is 466 g/mol. The summed E-state index contributed by atoms with van der Waals surface area (Å²) in [6, 6.07) is 16.2. The van der Waals surface area contributed by atoms with Crippen molar-refractivity contribution >= 4 is 29.9 Å². The maximum absolute atomic E-state index is 13.4. The molecule has 0 amide bonds. The van der Waals surface area contributed by atoms with E-state index in [2.05, 4.69) is 35.5 Å². The van der Waals surface area contributed by atoms with Gasteiger partial charge in [-0.2, -0.15) is 5.26 Å². The summed E-state index contributed by atoms with van der Waals surface area (Å²) in [5, 5.41) is 15.3. The summed E-state index contributed by atoms with van der Waals surface area (Å²) in [4.78, 5) is 4.22. The van der Waals surface area contributed by atoms with Crippen LogP contribution in [0, 0.1) is 17.1 Å². The minimum atomic E-state index is -0.242. The Morgan fingerprint density at radius 1 is 1.15 bits per heavy atom. The predicted octanol–water partition coefficient (Wildman–Crippen LogP) is 3.96. The lowest BCUT2D eigenvalue weighted by atomic mass is 9.84. The lowest BCUT2D eigenvalue weighted by Gasteiger charge is -2.27. The number of nitrogens with zero attached hydrogens (tertiary/aromatic N) is 2. The molecule has 0 aliphatic rings. The van der Waals surface area contributed by atoms with Crippen LogP contribution in [0.5, 0.6) is 0 Å². The first kappa shape index (κ1) is 21.9. The van der Waals surface area contributed by atoms with Crippen LogP contribution in [0.4, 0.5) is 4.39 Å². The highest BCUT2D eigenvalue weighted by molar-refractivity contribution is 14.0. The van der Waals surface area contributed by atoms with Crippen molar-refractivity contribution in [3.05, 3.63) is 71.0 Å². The molecule has 2 N–H and O–H groups in total. The molecule has 0 aliphatic carbocycles. The zero-order valence-corrected chi connectivity index (χ0v) is 17.5. The average Bonchev–Trinajstić information content (AvgIpc) is 2.62. The number of nitriles is 1. The van der Waals surface area contributed by atoms with Gasteiger partial charge in [0.15, 0.2) is 5.96 Å². The first-order chi connectivity index (χ1) is 11.9. The van der Waals surface area contributed by atoms with Gasteiger partial charge in [-0.25, -0.2) is 4.39 Å². The molecule has 26 heavy (non-hydrogen) atoms. The second-order valence-corrected chi connectivity index (χ2v) is 6.48. The number of aliphatic imine (C=N–C) groups is 1. The van der Waals surface area contributed by atoms with E-state index in [1.807, 2.05) is 18.2 Å². The summed E-state index contributed by atoms with van der Waals surface area (Å²) in [5.74, 6) is 0.447. The van der Waals surface area contributed by atoms with Gasteiger partial charge in [-0.1, -0.05) is 38.1 Å². The zero-order chi connectivity index (χ0) is 18.3. The highest BCUT2D eigenvalue weighted by Gasteiger charge is 2.21. The average molecular weight is 466 g/mol. The lowest BCUT2D eigenvalue weighted by Crippen LogP contribution is -2.43. The Morgan fingerprint density at radius 2 is 1.85 bits per heavy atom. The van der Waals surface area contributed by atoms with Crippen molar-refractivity contribution in [2.45, 2.75) is 25.8 Å². The SMILES string of the molecule is CN=C(NCc1ccc(C#N)cc1)NCC(C)(C)c1cccc(F)c1.I. The van der Waals surface area contributed by atoms with Crippen LogP contribution in [0.1, 0.15) is 30.5 Å². The molecule has 0 aliphatic heterocycles. The molecule has 0 saturated heterocycles. The number of hydrogen-bond donors (Lipinski definition) is 2. The summed E-state index contributed by atoms with van der Waals surface area (Å²) in [7, 11) is 1.71. The van der Waals surface area contributed by atoms with Gasteiger partial charge >= 0.3 is 0 Å². The highest BCUT2D eigenvalue weighted by atomic mass is 127. The molecule has 0 bridgehead atoms. The van der Waals surface area contributed by atoms with Gasteiger partial charge in [-0.05, 0) is 35.4 Å². The topological polar surface area (TPSA) is 60.2 Å². The van der Waals surface area contributed by atoms with E-state index < -0.39 is 0 Å². The second-order valence-electron chi connectivity index (χ2n) is 6.48. The summed E-state index contributed by atoms with van der Waals surface area (Å²) < 4.78 is 13.4. The maximum atomic E-state index is 13.4. The molecule has 6 heteroatoms. The number of nitrogens with one attached hydrogen (secondary N) is 2. The van der Waals surface area contributed by atoms with E-state index in [0.717, 1.165) is 11.1 Å². The molecular formula is C20H24FIN4. The van der Waals surface area contributed by atoms with E-state index in [-0.39, 0.29) is 35.2 Å². The van der Waals surface area contributed by atoms with Gasteiger partial charge in [0.05, 0.1) is 11.6 Å². The minimum absolute atomic E-state index is 0. The molecule has 4 nitrogen and oxygen atoms in total. The van der Waals surface area contributed by atoms with Gasteiger partial charge in [-0.15, -0.1) is 24.0 Å². The van der Waals surface area contributed by atoms with Gasteiger partial charge in [0.1, 0.15) is 5.82 Å². The molecule has 0 spiro atoms. The molecule has 0 saturated carbocycles.